The van der Waals surface area contributed by atoms with E-state index in [1.54, 1.807) is 0 Å². The molecule has 1 aliphatic heterocycles. The normalized spacial score (nSPS) is 26.8. The molecule has 1 saturated carbocycles. The second kappa shape index (κ2) is 5.23. The first kappa shape index (κ1) is 9.81. The number of rotatable bonds is 3. The van der Waals surface area contributed by atoms with Crippen LogP contribution in [0.25, 0.3) is 0 Å². The van der Waals surface area contributed by atoms with Gasteiger partial charge in [0.1, 0.15) is 0 Å². The Balaban J connectivity index is 1.60. The van der Waals surface area contributed by atoms with Crippen molar-refractivity contribution in [3.05, 3.63) is 0 Å². The summed E-state index contributed by atoms with van der Waals surface area (Å²) in [5.41, 5.74) is 0. The van der Waals surface area contributed by atoms with Crippen molar-refractivity contribution < 1.29 is 0 Å². The number of piperazine rings is 1. The van der Waals surface area contributed by atoms with Crippen LogP contribution >= 0.6 is 11.8 Å². The number of hydrogen-bond acceptors (Lipinski definition) is 3. The summed E-state index contributed by atoms with van der Waals surface area (Å²) in [6.07, 6.45) is 5.88. The van der Waals surface area contributed by atoms with Gasteiger partial charge in [0.05, 0.1) is 0 Å². The summed E-state index contributed by atoms with van der Waals surface area (Å²) in [7, 11) is 0. The van der Waals surface area contributed by atoms with Crippen molar-refractivity contribution in [3.8, 4) is 0 Å². The van der Waals surface area contributed by atoms with Crippen LogP contribution in [0.15, 0.2) is 0 Å². The third kappa shape index (κ3) is 3.15. The second-order valence-corrected chi connectivity index (χ2v) is 5.33. The minimum Gasteiger partial charge on any atom is -0.314 e. The van der Waals surface area contributed by atoms with Gasteiger partial charge < -0.3 is 5.32 Å². The molecule has 0 aromatic carbocycles. The molecule has 0 bridgehead atoms. The molecule has 2 aliphatic rings. The van der Waals surface area contributed by atoms with E-state index < -0.39 is 0 Å². The number of hydrogen-bond donors (Lipinski definition) is 1. The molecule has 1 saturated heterocycles. The predicted octanol–water partition coefficient (Wildman–Crippen LogP) is 1.52. The van der Waals surface area contributed by atoms with E-state index in [0.717, 1.165) is 5.25 Å². The molecule has 3 heteroatoms. The molecule has 0 aromatic heterocycles. The SMILES string of the molecule is C1CCC(SCN2CCNCC2)C1. The maximum absolute atomic E-state index is 3.39. The predicted molar refractivity (Wildman–Crippen MR) is 59.2 cm³/mol. The fourth-order valence-electron chi connectivity index (χ4n) is 2.11. The van der Waals surface area contributed by atoms with E-state index in [2.05, 4.69) is 22.0 Å². The number of nitrogens with zero attached hydrogens (tertiary/aromatic N) is 1. The van der Waals surface area contributed by atoms with Gasteiger partial charge in [0.25, 0.3) is 0 Å². The van der Waals surface area contributed by atoms with Crippen molar-refractivity contribution in [2.75, 3.05) is 32.1 Å². The Morgan fingerprint density at radius 3 is 2.54 bits per heavy atom. The number of nitrogens with one attached hydrogen (secondary N) is 1. The highest BCUT2D eigenvalue weighted by atomic mass is 32.2. The summed E-state index contributed by atoms with van der Waals surface area (Å²) >= 11 is 2.19. The molecule has 13 heavy (non-hydrogen) atoms. The van der Waals surface area contributed by atoms with Crippen molar-refractivity contribution in [1.29, 1.82) is 0 Å². The topological polar surface area (TPSA) is 15.3 Å². The van der Waals surface area contributed by atoms with Crippen LogP contribution in [0.2, 0.25) is 0 Å². The van der Waals surface area contributed by atoms with E-state index in [4.69, 9.17) is 0 Å². The minimum absolute atomic E-state index is 0.981. The van der Waals surface area contributed by atoms with Gasteiger partial charge in [-0.05, 0) is 12.8 Å². The molecule has 0 spiro atoms. The van der Waals surface area contributed by atoms with Gasteiger partial charge in [0, 0.05) is 37.3 Å². The average molecular weight is 200 g/mol. The fourth-order valence-corrected chi connectivity index (χ4v) is 3.45. The fraction of sp³-hybridized carbons (Fsp3) is 1.00. The summed E-state index contributed by atoms with van der Waals surface area (Å²) in [4.78, 5) is 2.58. The van der Waals surface area contributed by atoms with Gasteiger partial charge in [-0.2, -0.15) is 0 Å². The van der Waals surface area contributed by atoms with Crippen LogP contribution in [-0.4, -0.2) is 42.2 Å². The molecule has 0 radical (unpaired) electrons. The Labute approximate surface area is 85.4 Å². The molecular formula is C10H20N2S. The standard InChI is InChI=1S/C10H20N2S/c1-2-4-10(3-1)13-9-12-7-5-11-6-8-12/h10-11H,1-9H2. The molecule has 1 N–H and O–H groups in total. The zero-order valence-electron chi connectivity index (χ0n) is 8.30. The third-order valence-corrected chi connectivity index (χ3v) is 4.46. The van der Waals surface area contributed by atoms with Crippen LogP contribution in [0.5, 0.6) is 0 Å². The monoisotopic (exact) mass is 200 g/mol. The lowest BCUT2D eigenvalue weighted by Crippen LogP contribution is -2.43. The quantitative estimate of drug-likeness (QED) is 0.744. The summed E-state index contributed by atoms with van der Waals surface area (Å²) in [5, 5.41) is 4.37. The van der Waals surface area contributed by atoms with Crippen molar-refractivity contribution in [2.24, 2.45) is 0 Å². The van der Waals surface area contributed by atoms with Crippen LogP contribution < -0.4 is 5.32 Å². The van der Waals surface area contributed by atoms with Gasteiger partial charge in [0.15, 0.2) is 0 Å². The van der Waals surface area contributed by atoms with Crippen LogP contribution in [0.3, 0.4) is 0 Å². The molecule has 76 valence electrons. The van der Waals surface area contributed by atoms with Crippen molar-refractivity contribution in [2.45, 2.75) is 30.9 Å². The van der Waals surface area contributed by atoms with Crippen molar-refractivity contribution in [3.63, 3.8) is 0 Å². The zero-order chi connectivity index (χ0) is 8.93. The van der Waals surface area contributed by atoms with Crippen molar-refractivity contribution in [1.82, 2.24) is 10.2 Å². The maximum atomic E-state index is 3.39. The third-order valence-electron chi connectivity index (χ3n) is 3.00. The van der Waals surface area contributed by atoms with E-state index in [0.29, 0.717) is 0 Å². The average Bonchev–Trinajstić information content (AvgIpc) is 2.69. The maximum Gasteiger partial charge on any atom is 0.0448 e. The summed E-state index contributed by atoms with van der Waals surface area (Å²) in [6.45, 7) is 4.87. The Bertz CT molecular complexity index is 140. The highest BCUT2D eigenvalue weighted by Crippen LogP contribution is 2.29. The molecule has 2 nitrogen and oxygen atoms in total. The van der Waals surface area contributed by atoms with Gasteiger partial charge in [-0.3, -0.25) is 4.90 Å². The lowest BCUT2D eigenvalue weighted by molar-refractivity contribution is 0.280. The van der Waals surface area contributed by atoms with Crippen LogP contribution in [0, 0.1) is 0 Å². The largest absolute Gasteiger partial charge is 0.314 e. The van der Waals surface area contributed by atoms with Gasteiger partial charge in [0.2, 0.25) is 0 Å². The highest BCUT2D eigenvalue weighted by molar-refractivity contribution is 7.99. The van der Waals surface area contributed by atoms with Crippen LogP contribution in [0.4, 0.5) is 0 Å². The first-order valence-electron chi connectivity index (χ1n) is 5.50. The Morgan fingerprint density at radius 2 is 1.85 bits per heavy atom. The molecule has 2 rings (SSSR count). The van der Waals surface area contributed by atoms with E-state index in [1.165, 1.54) is 57.7 Å². The summed E-state index contributed by atoms with van der Waals surface area (Å²) < 4.78 is 0. The van der Waals surface area contributed by atoms with E-state index >= 15 is 0 Å². The number of thioether (sulfide) groups is 1. The summed E-state index contributed by atoms with van der Waals surface area (Å²) in [5.74, 6) is 1.27. The van der Waals surface area contributed by atoms with E-state index in [1.807, 2.05) is 0 Å². The Kier molecular flexibility index (Phi) is 3.94. The van der Waals surface area contributed by atoms with Crippen molar-refractivity contribution >= 4 is 11.8 Å². The zero-order valence-corrected chi connectivity index (χ0v) is 9.11. The molecule has 2 fully saturated rings. The smallest absolute Gasteiger partial charge is 0.0448 e. The summed E-state index contributed by atoms with van der Waals surface area (Å²) in [6, 6.07) is 0. The lowest BCUT2D eigenvalue weighted by atomic mass is 10.4. The lowest BCUT2D eigenvalue weighted by Gasteiger charge is -2.27. The van der Waals surface area contributed by atoms with Gasteiger partial charge >= 0.3 is 0 Å². The Morgan fingerprint density at radius 1 is 1.15 bits per heavy atom. The van der Waals surface area contributed by atoms with Gasteiger partial charge in [-0.1, -0.05) is 12.8 Å². The van der Waals surface area contributed by atoms with Crippen LogP contribution in [-0.2, 0) is 0 Å². The molecule has 1 heterocycles. The van der Waals surface area contributed by atoms with Crippen LogP contribution in [0.1, 0.15) is 25.7 Å². The second-order valence-electron chi connectivity index (χ2n) is 4.07. The van der Waals surface area contributed by atoms with Gasteiger partial charge in [-0.15, -0.1) is 11.8 Å². The highest BCUT2D eigenvalue weighted by Gasteiger charge is 2.17. The first-order valence-corrected chi connectivity index (χ1v) is 6.55. The molecular weight excluding hydrogens is 180 g/mol. The molecule has 0 unspecified atom stereocenters. The van der Waals surface area contributed by atoms with E-state index in [9.17, 15) is 0 Å². The molecule has 1 aliphatic carbocycles. The minimum atomic E-state index is 0.981. The molecule has 0 atom stereocenters. The van der Waals surface area contributed by atoms with E-state index in [-0.39, 0.29) is 0 Å². The molecule has 0 aromatic rings. The Hall–Kier alpha value is 0.270. The first-order chi connectivity index (χ1) is 6.45. The van der Waals surface area contributed by atoms with Gasteiger partial charge in [-0.25, -0.2) is 0 Å². The molecule has 0 amide bonds.